The molecule has 2 rings (SSSR count). The minimum absolute atomic E-state index is 0.157. The largest absolute Gasteiger partial charge is 0.452 e. The molecule has 0 saturated carbocycles. The Morgan fingerprint density at radius 2 is 1.87 bits per heavy atom. The molecule has 0 aliphatic heterocycles. The number of esters is 1. The molecule has 23 heavy (non-hydrogen) atoms. The fourth-order valence-electron chi connectivity index (χ4n) is 1.75. The topological polar surface area (TPSA) is 55.4 Å². The summed E-state index contributed by atoms with van der Waals surface area (Å²) in [6, 6.07) is 9.32. The Labute approximate surface area is 136 Å². The Balaban J connectivity index is 1.86. The third-order valence-electron chi connectivity index (χ3n) is 2.92. The zero-order valence-electron chi connectivity index (χ0n) is 11.8. The van der Waals surface area contributed by atoms with Crippen LogP contribution in [0, 0.1) is 11.6 Å². The van der Waals surface area contributed by atoms with E-state index in [1.165, 1.54) is 0 Å². The Morgan fingerprint density at radius 3 is 2.61 bits per heavy atom. The summed E-state index contributed by atoms with van der Waals surface area (Å²) in [7, 11) is 0. The molecule has 7 heteroatoms. The molecular weight excluding hydrogens is 328 g/mol. The van der Waals surface area contributed by atoms with Gasteiger partial charge in [-0.15, -0.1) is 0 Å². The number of rotatable bonds is 5. The number of carbonyl (C=O) groups is 2. The molecule has 120 valence electrons. The number of amides is 1. The number of benzene rings is 2. The second-order valence-electron chi connectivity index (χ2n) is 4.57. The normalized spacial score (nSPS) is 10.2. The fraction of sp³-hybridized carbons (Fsp3) is 0.125. The smallest absolute Gasteiger partial charge is 0.341 e. The van der Waals surface area contributed by atoms with Gasteiger partial charge in [0.25, 0.3) is 5.91 Å². The highest BCUT2D eigenvalue weighted by Gasteiger charge is 2.15. The van der Waals surface area contributed by atoms with Crippen LogP contribution in [-0.4, -0.2) is 18.5 Å². The summed E-state index contributed by atoms with van der Waals surface area (Å²) in [5, 5.41) is 3.00. The van der Waals surface area contributed by atoms with Crippen LogP contribution in [0.25, 0.3) is 0 Å². The number of hydrogen-bond donors (Lipinski definition) is 1. The molecule has 0 fully saturated rings. The monoisotopic (exact) mass is 339 g/mol. The molecule has 2 aromatic carbocycles. The number of carbonyl (C=O) groups excluding carboxylic acids is 2. The molecule has 0 atom stereocenters. The molecule has 0 bridgehead atoms. The van der Waals surface area contributed by atoms with Crippen LogP contribution in [0.2, 0.25) is 5.02 Å². The first-order valence-corrected chi connectivity index (χ1v) is 6.97. The second kappa shape index (κ2) is 7.69. The van der Waals surface area contributed by atoms with Gasteiger partial charge < -0.3 is 10.1 Å². The van der Waals surface area contributed by atoms with E-state index in [2.05, 4.69) is 10.1 Å². The zero-order valence-corrected chi connectivity index (χ0v) is 12.6. The first-order valence-electron chi connectivity index (χ1n) is 6.59. The fourth-order valence-corrected chi connectivity index (χ4v) is 1.95. The minimum atomic E-state index is -1.12. The Hall–Kier alpha value is -2.47. The lowest BCUT2D eigenvalue weighted by molar-refractivity contribution is -0.124. The lowest BCUT2D eigenvalue weighted by Crippen LogP contribution is -2.28. The van der Waals surface area contributed by atoms with E-state index in [1.807, 2.05) is 0 Å². The van der Waals surface area contributed by atoms with Crippen molar-refractivity contribution in [3.8, 4) is 0 Å². The summed E-state index contributed by atoms with van der Waals surface area (Å²) >= 11 is 5.93. The third-order valence-corrected chi connectivity index (χ3v) is 3.29. The summed E-state index contributed by atoms with van der Waals surface area (Å²) in [4.78, 5) is 23.2. The SMILES string of the molecule is O=C(COC(=O)c1cc(F)ccc1F)NCc1ccccc1Cl. The molecule has 2 aromatic rings. The molecule has 0 radical (unpaired) electrons. The van der Waals surface area contributed by atoms with E-state index < -0.39 is 35.7 Å². The van der Waals surface area contributed by atoms with Gasteiger partial charge >= 0.3 is 5.97 Å². The van der Waals surface area contributed by atoms with E-state index in [4.69, 9.17) is 11.6 Å². The van der Waals surface area contributed by atoms with Crippen molar-refractivity contribution in [2.24, 2.45) is 0 Å². The quantitative estimate of drug-likeness (QED) is 0.852. The van der Waals surface area contributed by atoms with Crippen LogP contribution in [0.1, 0.15) is 15.9 Å². The summed E-state index contributed by atoms with van der Waals surface area (Å²) in [6.45, 7) is -0.455. The Kier molecular flexibility index (Phi) is 5.65. The molecule has 0 unspecified atom stereocenters. The first-order chi connectivity index (χ1) is 11.0. The van der Waals surface area contributed by atoms with Gasteiger partial charge in [0, 0.05) is 11.6 Å². The van der Waals surface area contributed by atoms with Crippen LogP contribution in [0.5, 0.6) is 0 Å². The lowest BCUT2D eigenvalue weighted by atomic mass is 10.2. The molecule has 0 aromatic heterocycles. The van der Waals surface area contributed by atoms with Gasteiger partial charge in [-0.3, -0.25) is 4.79 Å². The highest BCUT2D eigenvalue weighted by Crippen LogP contribution is 2.14. The van der Waals surface area contributed by atoms with Gasteiger partial charge in [-0.05, 0) is 29.8 Å². The molecular formula is C16H12ClF2NO3. The van der Waals surface area contributed by atoms with Gasteiger partial charge in [0.2, 0.25) is 0 Å². The van der Waals surface area contributed by atoms with E-state index >= 15 is 0 Å². The molecule has 0 heterocycles. The van der Waals surface area contributed by atoms with Gasteiger partial charge in [-0.2, -0.15) is 0 Å². The van der Waals surface area contributed by atoms with Crippen molar-refractivity contribution in [3.63, 3.8) is 0 Å². The first kappa shape index (κ1) is 16.9. The maximum Gasteiger partial charge on any atom is 0.341 e. The number of ether oxygens (including phenoxy) is 1. The van der Waals surface area contributed by atoms with Gasteiger partial charge in [-0.25, -0.2) is 13.6 Å². The van der Waals surface area contributed by atoms with Crippen LogP contribution >= 0.6 is 11.6 Å². The van der Waals surface area contributed by atoms with Gasteiger partial charge in [0.15, 0.2) is 6.61 Å². The van der Waals surface area contributed by atoms with Crippen molar-refractivity contribution >= 4 is 23.5 Å². The van der Waals surface area contributed by atoms with E-state index in [-0.39, 0.29) is 6.54 Å². The second-order valence-corrected chi connectivity index (χ2v) is 4.98. The summed E-state index contributed by atoms with van der Waals surface area (Å²) in [6.07, 6.45) is 0. The summed E-state index contributed by atoms with van der Waals surface area (Å²) < 4.78 is 31.0. The highest BCUT2D eigenvalue weighted by atomic mass is 35.5. The number of hydrogen-bond acceptors (Lipinski definition) is 3. The molecule has 0 spiro atoms. The molecule has 1 N–H and O–H groups in total. The van der Waals surface area contributed by atoms with E-state index in [0.717, 1.165) is 12.1 Å². The maximum atomic E-state index is 13.4. The van der Waals surface area contributed by atoms with Crippen molar-refractivity contribution in [1.29, 1.82) is 0 Å². The lowest BCUT2D eigenvalue weighted by Gasteiger charge is -2.08. The van der Waals surface area contributed by atoms with Gasteiger partial charge in [0.1, 0.15) is 11.6 Å². The zero-order chi connectivity index (χ0) is 16.8. The third kappa shape index (κ3) is 4.75. The van der Waals surface area contributed by atoms with Crippen LogP contribution < -0.4 is 5.32 Å². The van der Waals surface area contributed by atoms with Crippen LogP contribution in [0.4, 0.5) is 8.78 Å². The maximum absolute atomic E-state index is 13.4. The standard InChI is InChI=1S/C16H12ClF2NO3/c17-13-4-2-1-3-10(13)8-20-15(21)9-23-16(22)12-7-11(18)5-6-14(12)19/h1-7H,8-9H2,(H,20,21). The molecule has 0 aliphatic carbocycles. The average Bonchev–Trinajstić information content (AvgIpc) is 2.54. The predicted octanol–water partition coefficient (Wildman–Crippen LogP) is 3.09. The van der Waals surface area contributed by atoms with Crippen LogP contribution in [-0.2, 0) is 16.1 Å². The summed E-state index contributed by atoms with van der Waals surface area (Å²) in [5.41, 5.74) is 0.133. The molecule has 0 aliphatic rings. The van der Waals surface area contributed by atoms with Crippen molar-refractivity contribution in [3.05, 3.63) is 70.2 Å². The van der Waals surface area contributed by atoms with E-state index in [9.17, 15) is 18.4 Å². The highest BCUT2D eigenvalue weighted by molar-refractivity contribution is 6.31. The Bertz CT molecular complexity index is 737. The van der Waals surface area contributed by atoms with Crippen molar-refractivity contribution in [1.82, 2.24) is 5.32 Å². The van der Waals surface area contributed by atoms with E-state index in [0.29, 0.717) is 16.7 Å². The molecule has 1 amide bonds. The van der Waals surface area contributed by atoms with Crippen LogP contribution in [0.3, 0.4) is 0 Å². The average molecular weight is 340 g/mol. The molecule has 4 nitrogen and oxygen atoms in total. The Morgan fingerprint density at radius 1 is 1.13 bits per heavy atom. The number of halogens is 3. The predicted molar refractivity (Wildman–Crippen MR) is 79.9 cm³/mol. The van der Waals surface area contributed by atoms with Crippen molar-refractivity contribution in [2.75, 3.05) is 6.61 Å². The van der Waals surface area contributed by atoms with Crippen LogP contribution in [0.15, 0.2) is 42.5 Å². The van der Waals surface area contributed by atoms with Crippen molar-refractivity contribution in [2.45, 2.75) is 6.54 Å². The van der Waals surface area contributed by atoms with Crippen molar-refractivity contribution < 1.29 is 23.1 Å². The van der Waals surface area contributed by atoms with Gasteiger partial charge in [-0.1, -0.05) is 29.8 Å². The van der Waals surface area contributed by atoms with Gasteiger partial charge in [0.05, 0.1) is 5.56 Å². The molecule has 0 saturated heterocycles. The minimum Gasteiger partial charge on any atom is -0.452 e. The number of nitrogens with one attached hydrogen (secondary N) is 1. The van der Waals surface area contributed by atoms with E-state index in [1.54, 1.807) is 24.3 Å². The summed E-state index contributed by atoms with van der Waals surface area (Å²) in [5.74, 6) is -3.40.